The average molecular weight is 293 g/mol. The molecule has 2 aliphatic carbocycles. The largest absolute Gasteiger partial charge is 0.293 e. The number of rotatable bonds is 5. The van der Waals surface area contributed by atoms with Crippen LogP contribution in [0.4, 0.5) is 0 Å². The van der Waals surface area contributed by atoms with Gasteiger partial charge in [-0.25, -0.2) is 4.98 Å². The molecule has 2 aliphatic rings. The molecule has 1 aromatic heterocycles. The minimum atomic E-state index is 0.681. The first-order valence-corrected chi connectivity index (χ1v) is 8.51. The third-order valence-corrected chi connectivity index (χ3v) is 5.41. The van der Waals surface area contributed by atoms with Gasteiger partial charge in [-0.2, -0.15) is 0 Å². The van der Waals surface area contributed by atoms with Gasteiger partial charge < -0.3 is 0 Å². The highest BCUT2D eigenvalue weighted by atomic mass is 35.5. The number of hydrogen-bond donors (Lipinski definition) is 0. The minimum absolute atomic E-state index is 0.681. The SMILES string of the molecule is CCC1CCC(N(Cc2cccnc2Cl)C2CC2)CC1. The topological polar surface area (TPSA) is 16.1 Å². The Balaban J connectivity index is 1.66. The van der Waals surface area contributed by atoms with E-state index in [0.29, 0.717) is 5.15 Å². The van der Waals surface area contributed by atoms with Crippen LogP contribution in [0.5, 0.6) is 0 Å². The van der Waals surface area contributed by atoms with E-state index in [4.69, 9.17) is 11.6 Å². The normalized spacial score (nSPS) is 26.9. The summed E-state index contributed by atoms with van der Waals surface area (Å²) in [6.07, 6.45) is 11.4. The first-order valence-electron chi connectivity index (χ1n) is 8.13. The maximum Gasteiger partial charge on any atom is 0.133 e. The Morgan fingerprint density at radius 3 is 2.35 bits per heavy atom. The highest BCUT2D eigenvalue weighted by Gasteiger charge is 2.35. The van der Waals surface area contributed by atoms with Gasteiger partial charge in [0.25, 0.3) is 0 Å². The molecule has 0 N–H and O–H groups in total. The second kappa shape index (κ2) is 6.44. The zero-order chi connectivity index (χ0) is 13.9. The Morgan fingerprint density at radius 2 is 1.80 bits per heavy atom. The van der Waals surface area contributed by atoms with Gasteiger partial charge in [-0.3, -0.25) is 4.90 Å². The maximum atomic E-state index is 6.24. The molecule has 20 heavy (non-hydrogen) atoms. The van der Waals surface area contributed by atoms with Crippen LogP contribution in [-0.2, 0) is 6.54 Å². The van der Waals surface area contributed by atoms with Crippen molar-refractivity contribution in [3.05, 3.63) is 29.0 Å². The van der Waals surface area contributed by atoms with Crippen LogP contribution in [0.25, 0.3) is 0 Å². The van der Waals surface area contributed by atoms with Crippen molar-refractivity contribution in [2.24, 2.45) is 5.92 Å². The van der Waals surface area contributed by atoms with Gasteiger partial charge in [0.15, 0.2) is 0 Å². The molecule has 110 valence electrons. The van der Waals surface area contributed by atoms with E-state index in [-0.39, 0.29) is 0 Å². The van der Waals surface area contributed by atoms with Crippen molar-refractivity contribution in [2.75, 3.05) is 0 Å². The van der Waals surface area contributed by atoms with Crippen molar-refractivity contribution >= 4 is 11.6 Å². The first-order chi connectivity index (χ1) is 9.78. The van der Waals surface area contributed by atoms with Crippen LogP contribution in [0, 0.1) is 5.92 Å². The lowest BCUT2D eigenvalue weighted by molar-refractivity contribution is 0.120. The number of halogens is 1. The molecule has 0 aromatic carbocycles. The molecule has 3 rings (SSSR count). The number of hydrogen-bond acceptors (Lipinski definition) is 2. The molecular formula is C17H25ClN2. The predicted molar refractivity (Wildman–Crippen MR) is 83.8 cm³/mol. The quantitative estimate of drug-likeness (QED) is 0.733. The van der Waals surface area contributed by atoms with Crippen LogP contribution in [0.15, 0.2) is 18.3 Å². The second-order valence-electron chi connectivity index (χ2n) is 6.44. The lowest BCUT2D eigenvalue weighted by atomic mass is 9.83. The Bertz CT molecular complexity index is 436. The summed E-state index contributed by atoms with van der Waals surface area (Å²) in [4.78, 5) is 6.94. The van der Waals surface area contributed by atoms with Crippen LogP contribution < -0.4 is 0 Å². The standard InChI is InChI=1S/C17H25ClN2/c1-2-13-5-7-15(8-6-13)20(16-9-10-16)12-14-4-3-11-19-17(14)18/h3-4,11,13,15-16H,2,5-10,12H2,1H3. The Hall–Kier alpha value is -0.600. The molecule has 0 bridgehead atoms. The van der Waals surface area contributed by atoms with E-state index >= 15 is 0 Å². The number of aromatic nitrogens is 1. The summed E-state index contributed by atoms with van der Waals surface area (Å²) in [6, 6.07) is 5.69. The summed E-state index contributed by atoms with van der Waals surface area (Å²) in [7, 11) is 0. The van der Waals surface area contributed by atoms with Crippen molar-refractivity contribution in [1.29, 1.82) is 0 Å². The Kier molecular flexibility index (Phi) is 4.62. The zero-order valence-electron chi connectivity index (χ0n) is 12.4. The molecule has 2 nitrogen and oxygen atoms in total. The fourth-order valence-corrected chi connectivity index (χ4v) is 3.76. The van der Waals surface area contributed by atoms with Crippen molar-refractivity contribution < 1.29 is 0 Å². The molecule has 0 aliphatic heterocycles. The van der Waals surface area contributed by atoms with E-state index < -0.39 is 0 Å². The fraction of sp³-hybridized carbons (Fsp3) is 0.706. The second-order valence-corrected chi connectivity index (χ2v) is 6.80. The van der Waals surface area contributed by atoms with Gasteiger partial charge in [0.1, 0.15) is 5.15 Å². The summed E-state index contributed by atoms with van der Waals surface area (Å²) in [5, 5.41) is 0.681. The van der Waals surface area contributed by atoms with E-state index in [2.05, 4.69) is 22.9 Å². The summed E-state index contributed by atoms with van der Waals surface area (Å²) in [6.45, 7) is 3.32. The van der Waals surface area contributed by atoms with E-state index in [0.717, 1.165) is 24.5 Å². The third-order valence-electron chi connectivity index (χ3n) is 5.07. The monoisotopic (exact) mass is 292 g/mol. The molecule has 1 heterocycles. The summed E-state index contributed by atoms with van der Waals surface area (Å²) in [5.74, 6) is 0.967. The lowest BCUT2D eigenvalue weighted by Crippen LogP contribution is -2.39. The molecule has 0 saturated heterocycles. The van der Waals surface area contributed by atoms with Crippen molar-refractivity contribution in [1.82, 2.24) is 9.88 Å². The molecule has 3 heteroatoms. The maximum absolute atomic E-state index is 6.24. The van der Waals surface area contributed by atoms with Gasteiger partial charge in [0, 0.05) is 30.4 Å². The molecule has 0 radical (unpaired) electrons. The Morgan fingerprint density at radius 1 is 1.15 bits per heavy atom. The number of nitrogens with zero attached hydrogens (tertiary/aromatic N) is 2. The number of pyridine rings is 1. The van der Waals surface area contributed by atoms with Gasteiger partial charge in [0.2, 0.25) is 0 Å². The van der Waals surface area contributed by atoms with Crippen molar-refractivity contribution in [3.8, 4) is 0 Å². The summed E-state index contributed by atoms with van der Waals surface area (Å²) < 4.78 is 0. The van der Waals surface area contributed by atoms with E-state index in [1.165, 1.54) is 50.5 Å². The predicted octanol–water partition coefficient (Wildman–Crippen LogP) is 4.67. The molecule has 0 spiro atoms. The fourth-order valence-electron chi connectivity index (χ4n) is 3.58. The molecule has 2 fully saturated rings. The van der Waals surface area contributed by atoms with Crippen LogP contribution in [0.3, 0.4) is 0 Å². The zero-order valence-corrected chi connectivity index (χ0v) is 13.1. The smallest absolute Gasteiger partial charge is 0.133 e. The van der Waals surface area contributed by atoms with Crippen molar-refractivity contribution in [3.63, 3.8) is 0 Å². The molecular weight excluding hydrogens is 268 g/mol. The van der Waals surface area contributed by atoms with Gasteiger partial charge >= 0.3 is 0 Å². The van der Waals surface area contributed by atoms with Gasteiger partial charge in [-0.15, -0.1) is 0 Å². The Labute approximate surface area is 127 Å². The first kappa shape index (κ1) is 14.3. The third kappa shape index (κ3) is 3.35. The molecule has 2 saturated carbocycles. The summed E-state index contributed by atoms with van der Waals surface area (Å²) in [5.41, 5.74) is 1.19. The lowest BCUT2D eigenvalue weighted by Gasteiger charge is -2.37. The van der Waals surface area contributed by atoms with Gasteiger partial charge in [-0.05, 0) is 50.5 Å². The van der Waals surface area contributed by atoms with Crippen LogP contribution in [-0.4, -0.2) is 22.0 Å². The molecule has 1 aromatic rings. The van der Waals surface area contributed by atoms with Gasteiger partial charge in [0.05, 0.1) is 0 Å². The summed E-state index contributed by atoms with van der Waals surface area (Å²) >= 11 is 6.24. The molecule has 0 amide bonds. The average Bonchev–Trinajstić information content (AvgIpc) is 3.31. The van der Waals surface area contributed by atoms with E-state index in [1.54, 1.807) is 6.20 Å². The minimum Gasteiger partial charge on any atom is -0.293 e. The molecule has 0 unspecified atom stereocenters. The highest BCUT2D eigenvalue weighted by molar-refractivity contribution is 6.30. The van der Waals surface area contributed by atoms with E-state index in [1.807, 2.05) is 6.07 Å². The van der Waals surface area contributed by atoms with E-state index in [9.17, 15) is 0 Å². The van der Waals surface area contributed by atoms with Crippen LogP contribution in [0.2, 0.25) is 5.15 Å². The van der Waals surface area contributed by atoms with Crippen molar-refractivity contribution in [2.45, 2.75) is 70.5 Å². The molecule has 0 atom stereocenters. The van der Waals surface area contributed by atoms with Crippen LogP contribution in [0.1, 0.15) is 57.4 Å². The van der Waals surface area contributed by atoms with Crippen LogP contribution >= 0.6 is 11.6 Å². The van der Waals surface area contributed by atoms with Gasteiger partial charge in [-0.1, -0.05) is 31.0 Å². The highest BCUT2D eigenvalue weighted by Crippen LogP contribution is 2.37.